The van der Waals surface area contributed by atoms with Crippen LogP contribution in [0.4, 0.5) is 13.2 Å². The second-order valence-corrected chi connectivity index (χ2v) is 11.5. The lowest BCUT2D eigenvalue weighted by atomic mass is 9.72. The van der Waals surface area contributed by atoms with Crippen LogP contribution >= 0.6 is 0 Å². The van der Waals surface area contributed by atoms with Gasteiger partial charge in [-0.25, -0.2) is 4.79 Å². The SMILES string of the molecule is CCn1cnnc1C(c1cccc(-n2cc3c(C(F)(F)F)cc(CN4CCC[C@H](C)C4)cn3c2=O)c1)C1CCC1. The zero-order valence-electron chi connectivity index (χ0n) is 22.9. The van der Waals surface area contributed by atoms with Gasteiger partial charge in [-0.05, 0) is 80.3 Å². The molecule has 0 amide bonds. The number of hydrogen-bond acceptors (Lipinski definition) is 4. The van der Waals surface area contributed by atoms with Crippen molar-refractivity contribution in [3.63, 3.8) is 0 Å². The van der Waals surface area contributed by atoms with E-state index in [2.05, 4.69) is 22.0 Å². The molecule has 1 saturated carbocycles. The Bertz CT molecular complexity index is 1560. The Balaban J connectivity index is 1.42. The molecular formula is C30H35F3N6O. The Labute approximate surface area is 231 Å². The van der Waals surface area contributed by atoms with Crippen LogP contribution < -0.4 is 5.69 Å². The van der Waals surface area contributed by atoms with Crippen molar-refractivity contribution >= 4 is 5.52 Å². The van der Waals surface area contributed by atoms with Crippen molar-refractivity contribution in [2.45, 2.75) is 71.1 Å². The lowest BCUT2D eigenvalue weighted by Crippen LogP contribution is -2.34. The van der Waals surface area contributed by atoms with Crippen LogP contribution in [0.15, 0.2) is 53.8 Å². The quantitative estimate of drug-likeness (QED) is 0.287. The van der Waals surface area contributed by atoms with Crippen LogP contribution in [-0.4, -0.2) is 41.7 Å². The molecule has 0 radical (unpaired) electrons. The number of imidazole rings is 1. The van der Waals surface area contributed by atoms with Crippen molar-refractivity contribution in [2.24, 2.45) is 11.8 Å². The van der Waals surface area contributed by atoms with E-state index in [9.17, 15) is 18.0 Å². The standard InChI is InChI=1S/C30H35F3N6O/c1-3-37-19-34-35-28(37)27(22-8-4-9-22)23-10-5-11-24(14-23)38-18-26-25(30(31,32)33)13-21(17-39(26)29(38)40)16-36-12-6-7-20(2)15-36/h5,10-11,13-14,17-20,22,27H,3-4,6-9,12,15-16H2,1-2H3/t20-,27?/m0/s1. The molecule has 212 valence electrons. The van der Waals surface area contributed by atoms with Crippen molar-refractivity contribution in [3.8, 4) is 5.69 Å². The van der Waals surface area contributed by atoms with Crippen LogP contribution in [0.5, 0.6) is 0 Å². The summed E-state index contributed by atoms with van der Waals surface area (Å²) in [5.74, 6) is 1.81. The zero-order chi connectivity index (χ0) is 28.0. The zero-order valence-corrected chi connectivity index (χ0v) is 22.9. The topological polar surface area (TPSA) is 60.4 Å². The number of pyridine rings is 1. The van der Waals surface area contributed by atoms with E-state index in [4.69, 9.17) is 0 Å². The maximum absolute atomic E-state index is 14.3. The third-order valence-electron chi connectivity index (χ3n) is 8.67. The lowest BCUT2D eigenvalue weighted by Gasteiger charge is -2.33. The number of nitrogens with zero attached hydrogens (tertiary/aromatic N) is 6. The van der Waals surface area contributed by atoms with E-state index in [0.29, 0.717) is 29.6 Å². The highest BCUT2D eigenvalue weighted by atomic mass is 19.4. The second kappa shape index (κ2) is 10.5. The maximum Gasteiger partial charge on any atom is 0.418 e. The van der Waals surface area contributed by atoms with Gasteiger partial charge in [0.05, 0.1) is 16.8 Å². The predicted molar refractivity (Wildman–Crippen MR) is 147 cm³/mol. The summed E-state index contributed by atoms with van der Waals surface area (Å²) < 4.78 is 47.3. The molecule has 1 aliphatic heterocycles. The molecule has 4 aromatic rings. The number of piperidine rings is 1. The smallest absolute Gasteiger partial charge is 0.317 e. The molecule has 6 rings (SSSR count). The van der Waals surface area contributed by atoms with E-state index in [0.717, 1.165) is 67.5 Å². The predicted octanol–water partition coefficient (Wildman–Crippen LogP) is 5.88. The van der Waals surface area contributed by atoms with Crippen molar-refractivity contribution in [1.82, 2.24) is 28.6 Å². The van der Waals surface area contributed by atoms with Gasteiger partial charge in [-0.3, -0.25) is 13.9 Å². The summed E-state index contributed by atoms with van der Waals surface area (Å²) in [4.78, 5) is 15.8. The number of rotatable bonds is 7. The van der Waals surface area contributed by atoms with Crippen LogP contribution in [0.25, 0.3) is 11.2 Å². The molecule has 1 aromatic carbocycles. The molecule has 3 aromatic heterocycles. The third kappa shape index (κ3) is 4.98. The minimum Gasteiger partial charge on any atom is -0.317 e. The average Bonchev–Trinajstić information content (AvgIpc) is 3.49. The van der Waals surface area contributed by atoms with Gasteiger partial charge < -0.3 is 4.57 Å². The highest BCUT2D eigenvalue weighted by Crippen LogP contribution is 2.43. The number of halogens is 3. The summed E-state index contributed by atoms with van der Waals surface area (Å²) in [7, 11) is 0. The molecule has 40 heavy (non-hydrogen) atoms. The molecule has 0 spiro atoms. The fourth-order valence-electron chi connectivity index (χ4n) is 6.45. The fraction of sp³-hybridized carbons (Fsp3) is 0.500. The molecule has 1 unspecified atom stereocenters. The van der Waals surface area contributed by atoms with Crippen molar-refractivity contribution in [2.75, 3.05) is 13.1 Å². The number of benzene rings is 1. The Morgan fingerprint density at radius 3 is 2.62 bits per heavy atom. The first kappa shape index (κ1) is 26.8. The van der Waals surface area contributed by atoms with Crippen molar-refractivity contribution in [1.29, 1.82) is 0 Å². The Kier molecular flexibility index (Phi) is 7.06. The monoisotopic (exact) mass is 552 g/mol. The molecule has 4 heterocycles. The van der Waals surface area contributed by atoms with Gasteiger partial charge in [0, 0.05) is 37.9 Å². The minimum absolute atomic E-state index is 0.00755. The number of likely N-dealkylation sites (tertiary alicyclic amines) is 1. The summed E-state index contributed by atoms with van der Waals surface area (Å²) >= 11 is 0. The highest BCUT2D eigenvalue weighted by Gasteiger charge is 2.36. The van der Waals surface area contributed by atoms with Gasteiger partial charge in [0.25, 0.3) is 0 Å². The third-order valence-corrected chi connectivity index (χ3v) is 8.67. The Morgan fingerprint density at radius 2 is 1.93 bits per heavy atom. The summed E-state index contributed by atoms with van der Waals surface area (Å²) in [5.41, 5.74) is 0.584. The van der Waals surface area contributed by atoms with Crippen LogP contribution in [0.2, 0.25) is 0 Å². The van der Waals surface area contributed by atoms with E-state index in [1.54, 1.807) is 18.6 Å². The first-order valence-corrected chi connectivity index (χ1v) is 14.3. The van der Waals surface area contributed by atoms with Gasteiger partial charge in [-0.1, -0.05) is 25.5 Å². The van der Waals surface area contributed by atoms with E-state index >= 15 is 0 Å². The number of aryl methyl sites for hydroxylation is 1. The summed E-state index contributed by atoms with van der Waals surface area (Å²) in [6.45, 7) is 7.03. The van der Waals surface area contributed by atoms with Gasteiger partial charge in [-0.15, -0.1) is 10.2 Å². The van der Waals surface area contributed by atoms with Gasteiger partial charge >= 0.3 is 11.9 Å². The van der Waals surface area contributed by atoms with E-state index in [-0.39, 0.29) is 11.4 Å². The normalized spacial score (nSPS) is 19.7. The van der Waals surface area contributed by atoms with Crippen LogP contribution in [0.3, 0.4) is 0 Å². The fourth-order valence-corrected chi connectivity index (χ4v) is 6.45. The highest BCUT2D eigenvalue weighted by molar-refractivity contribution is 5.58. The van der Waals surface area contributed by atoms with Crippen LogP contribution in [0, 0.1) is 11.8 Å². The number of fused-ring (bicyclic) bond motifs is 1. The minimum atomic E-state index is -4.59. The molecule has 7 nitrogen and oxygen atoms in total. The van der Waals surface area contributed by atoms with Crippen molar-refractivity contribution in [3.05, 3.63) is 82.1 Å². The van der Waals surface area contributed by atoms with Gasteiger partial charge in [0.15, 0.2) is 0 Å². The van der Waals surface area contributed by atoms with Crippen LogP contribution in [0.1, 0.15) is 74.4 Å². The Morgan fingerprint density at radius 1 is 1.10 bits per heavy atom. The van der Waals surface area contributed by atoms with Gasteiger partial charge in [0.2, 0.25) is 0 Å². The van der Waals surface area contributed by atoms with Gasteiger partial charge in [-0.2, -0.15) is 13.2 Å². The van der Waals surface area contributed by atoms with Crippen molar-refractivity contribution < 1.29 is 13.2 Å². The molecule has 0 N–H and O–H groups in total. The van der Waals surface area contributed by atoms with E-state index in [1.165, 1.54) is 16.8 Å². The molecule has 10 heteroatoms. The number of aromatic nitrogens is 5. The molecule has 1 saturated heterocycles. The number of alkyl halides is 3. The largest absolute Gasteiger partial charge is 0.418 e. The van der Waals surface area contributed by atoms with E-state index in [1.807, 2.05) is 29.7 Å². The average molecular weight is 553 g/mol. The summed E-state index contributed by atoms with van der Waals surface area (Å²) in [5, 5.41) is 8.57. The maximum atomic E-state index is 14.3. The summed E-state index contributed by atoms with van der Waals surface area (Å²) in [6, 6.07) is 8.78. The molecule has 2 fully saturated rings. The molecule has 2 aliphatic rings. The number of hydrogen-bond donors (Lipinski definition) is 0. The summed E-state index contributed by atoms with van der Waals surface area (Å²) in [6.07, 6.45) is 5.51. The van der Waals surface area contributed by atoms with Gasteiger partial charge in [0.1, 0.15) is 12.2 Å². The van der Waals surface area contributed by atoms with E-state index < -0.39 is 17.4 Å². The molecule has 1 aliphatic carbocycles. The molecular weight excluding hydrogens is 517 g/mol. The first-order valence-electron chi connectivity index (χ1n) is 14.3. The first-order chi connectivity index (χ1) is 19.2. The Hall–Kier alpha value is -3.40. The lowest BCUT2D eigenvalue weighted by molar-refractivity contribution is -0.136. The van der Waals surface area contributed by atoms with Crippen LogP contribution in [-0.2, 0) is 19.3 Å². The molecule has 2 atom stereocenters. The second-order valence-electron chi connectivity index (χ2n) is 11.5. The molecule has 0 bridgehead atoms.